The molecule has 1 heterocycles. The number of rotatable bonds is 6. The van der Waals surface area contributed by atoms with Gasteiger partial charge in [-0.1, -0.05) is 29.8 Å². The topological polar surface area (TPSA) is 116 Å². The van der Waals surface area contributed by atoms with Crippen molar-refractivity contribution in [1.82, 2.24) is 19.8 Å². The number of benzene rings is 1. The van der Waals surface area contributed by atoms with Crippen LogP contribution in [-0.2, 0) is 31.0 Å². The van der Waals surface area contributed by atoms with Crippen molar-refractivity contribution < 1.29 is 22.8 Å². The normalized spacial score (nSPS) is 20.7. The Morgan fingerprint density at radius 2 is 1.79 bits per heavy atom. The zero-order valence-electron chi connectivity index (χ0n) is 16.5. The average Bonchev–Trinajstić information content (AvgIpc) is 2.62. The first-order chi connectivity index (χ1) is 12.9. The lowest BCUT2D eigenvalue weighted by Gasteiger charge is -2.44. The lowest BCUT2D eigenvalue weighted by molar-refractivity contribution is -0.150. The molecule has 1 aromatic rings. The molecule has 1 aromatic carbocycles. The fourth-order valence-corrected chi connectivity index (χ4v) is 3.65. The van der Waals surface area contributed by atoms with Crippen molar-refractivity contribution in [3.05, 3.63) is 35.4 Å². The van der Waals surface area contributed by atoms with Gasteiger partial charge in [-0.25, -0.2) is 8.42 Å². The van der Waals surface area contributed by atoms with Crippen molar-refractivity contribution in [3.63, 3.8) is 0 Å². The predicted molar refractivity (Wildman–Crippen MR) is 104 cm³/mol. The first-order valence-corrected chi connectivity index (χ1v) is 10.6. The smallest absolute Gasteiger partial charge is 0.247 e. The van der Waals surface area contributed by atoms with Crippen LogP contribution in [0.4, 0.5) is 0 Å². The lowest BCUT2D eigenvalue weighted by atomic mass is 9.96. The van der Waals surface area contributed by atoms with E-state index >= 15 is 0 Å². The summed E-state index contributed by atoms with van der Waals surface area (Å²) in [6.07, 6.45) is 0.989. The second-order valence-corrected chi connectivity index (χ2v) is 9.19. The van der Waals surface area contributed by atoms with Crippen molar-refractivity contribution >= 4 is 27.7 Å². The van der Waals surface area contributed by atoms with Gasteiger partial charge in [0.2, 0.25) is 27.7 Å². The molecule has 0 bridgehead atoms. The minimum atomic E-state index is -3.63. The van der Waals surface area contributed by atoms with Gasteiger partial charge in [0.1, 0.15) is 5.54 Å². The molecular formula is C18H26N4O5S. The van der Waals surface area contributed by atoms with Crippen LogP contribution in [0.1, 0.15) is 18.1 Å². The molecule has 1 atom stereocenters. The zero-order chi connectivity index (χ0) is 21.1. The summed E-state index contributed by atoms with van der Waals surface area (Å²) in [4.78, 5) is 38.1. The van der Waals surface area contributed by atoms with Crippen LogP contribution >= 0.6 is 0 Å². The number of carbonyl (C=O) groups excluding carboxylic acids is 3. The Hall–Kier alpha value is -2.46. The molecule has 9 nitrogen and oxygen atoms in total. The number of carbonyl (C=O) groups is 3. The molecule has 1 aliphatic heterocycles. The first kappa shape index (κ1) is 21.8. The van der Waals surface area contributed by atoms with E-state index in [-0.39, 0.29) is 25.5 Å². The van der Waals surface area contributed by atoms with E-state index in [4.69, 9.17) is 0 Å². The molecule has 1 fully saturated rings. The molecule has 2 N–H and O–H groups in total. The second-order valence-electron chi connectivity index (χ2n) is 7.20. The Morgan fingerprint density at radius 1 is 1.18 bits per heavy atom. The van der Waals surface area contributed by atoms with Crippen LogP contribution < -0.4 is 10.6 Å². The van der Waals surface area contributed by atoms with E-state index < -0.39 is 27.4 Å². The maximum atomic E-state index is 12.7. The molecule has 28 heavy (non-hydrogen) atoms. The van der Waals surface area contributed by atoms with Gasteiger partial charge < -0.3 is 15.5 Å². The molecule has 0 radical (unpaired) electrons. The minimum Gasteiger partial charge on any atom is -0.350 e. The molecule has 3 amide bonds. The largest absolute Gasteiger partial charge is 0.350 e. The highest BCUT2D eigenvalue weighted by Crippen LogP contribution is 2.22. The molecule has 0 aliphatic carbocycles. The third kappa shape index (κ3) is 5.08. The Morgan fingerprint density at radius 3 is 2.36 bits per heavy atom. The molecule has 0 spiro atoms. The van der Waals surface area contributed by atoms with Crippen molar-refractivity contribution in [3.8, 4) is 0 Å². The van der Waals surface area contributed by atoms with Gasteiger partial charge in [0.15, 0.2) is 0 Å². The molecule has 154 valence electrons. The molecule has 2 rings (SSSR count). The van der Waals surface area contributed by atoms with Crippen molar-refractivity contribution in [1.29, 1.82) is 0 Å². The Balaban J connectivity index is 1.95. The fraction of sp³-hybridized carbons (Fsp3) is 0.500. The number of likely N-dealkylation sites (N-methyl/N-ethyl adjacent to an activating group) is 1. The van der Waals surface area contributed by atoms with Gasteiger partial charge in [0.05, 0.1) is 19.3 Å². The summed E-state index contributed by atoms with van der Waals surface area (Å²) in [7, 11) is -2.19. The Labute approximate surface area is 165 Å². The van der Waals surface area contributed by atoms with Crippen LogP contribution in [0.15, 0.2) is 24.3 Å². The number of hydrogen-bond donors (Lipinski definition) is 2. The Kier molecular flexibility index (Phi) is 6.45. The highest BCUT2D eigenvalue weighted by atomic mass is 32.2. The van der Waals surface area contributed by atoms with E-state index in [2.05, 4.69) is 10.6 Å². The number of amides is 3. The molecule has 1 saturated heterocycles. The predicted octanol–water partition coefficient (Wildman–Crippen LogP) is -0.780. The fourth-order valence-electron chi connectivity index (χ4n) is 2.82. The van der Waals surface area contributed by atoms with E-state index in [1.807, 2.05) is 31.2 Å². The third-order valence-corrected chi connectivity index (χ3v) is 6.08. The highest BCUT2D eigenvalue weighted by Gasteiger charge is 2.47. The van der Waals surface area contributed by atoms with Crippen molar-refractivity contribution in [2.24, 2.45) is 0 Å². The van der Waals surface area contributed by atoms with E-state index in [9.17, 15) is 22.8 Å². The minimum absolute atomic E-state index is 0.176. The maximum Gasteiger partial charge on any atom is 0.247 e. The van der Waals surface area contributed by atoms with Gasteiger partial charge in [0.25, 0.3) is 0 Å². The SMILES string of the molecule is Cc1ccc(CNC(=O)CNC(=O)[C@@]2(C)CN(S(C)(=O)=O)CC(=O)N2C)cc1. The van der Waals surface area contributed by atoms with Gasteiger partial charge in [-0.2, -0.15) is 4.31 Å². The summed E-state index contributed by atoms with van der Waals surface area (Å²) in [5, 5.41) is 5.20. The molecular weight excluding hydrogens is 384 g/mol. The quantitative estimate of drug-likeness (QED) is 0.638. The van der Waals surface area contributed by atoms with Gasteiger partial charge in [0, 0.05) is 20.1 Å². The molecule has 0 saturated carbocycles. The summed E-state index contributed by atoms with van der Waals surface area (Å²) in [6.45, 7) is 3.01. The summed E-state index contributed by atoms with van der Waals surface area (Å²) >= 11 is 0. The molecule has 0 unspecified atom stereocenters. The number of nitrogens with one attached hydrogen (secondary N) is 2. The van der Waals surface area contributed by atoms with E-state index in [0.717, 1.165) is 21.7 Å². The van der Waals surface area contributed by atoms with Gasteiger partial charge in [-0.15, -0.1) is 0 Å². The van der Waals surface area contributed by atoms with Crippen LogP contribution in [0.2, 0.25) is 0 Å². The third-order valence-electron chi connectivity index (χ3n) is 4.89. The summed E-state index contributed by atoms with van der Waals surface area (Å²) in [5.74, 6) is -1.47. The maximum absolute atomic E-state index is 12.7. The second kappa shape index (κ2) is 8.27. The standard InChI is InChI=1S/C18H26N4O5S/c1-13-5-7-14(8-6-13)9-19-15(23)10-20-17(25)18(2)12-22(28(4,26)27)11-16(24)21(18)3/h5-8H,9-12H2,1-4H3,(H,19,23)(H,20,25)/t18-/m1/s1. The number of hydrogen-bond acceptors (Lipinski definition) is 5. The first-order valence-electron chi connectivity index (χ1n) is 8.76. The van der Waals surface area contributed by atoms with Gasteiger partial charge in [-0.05, 0) is 19.4 Å². The van der Waals surface area contributed by atoms with Crippen LogP contribution in [-0.4, -0.2) is 73.8 Å². The Bertz CT molecular complexity index is 868. The molecule has 10 heteroatoms. The van der Waals surface area contributed by atoms with Crippen molar-refractivity contribution in [2.75, 3.05) is 32.9 Å². The van der Waals surface area contributed by atoms with E-state index in [1.165, 1.54) is 18.9 Å². The van der Waals surface area contributed by atoms with Crippen molar-refractivity contribution in [2.45, 2.75) is 25.9 Å². The van der Waals surface area contributed by atoms with Gasteiger partial charge in [-0.3, -0.25) is 14.4 Å². The monoisotopic (exact) mass is 410 g/mol. The van der Waals surface area contributed by atoms with Gasteiger partial charge >= 0.3 is 0 Å². The van der Waals surface area contributed by atoms with E-state index in [0.29, 0.717) is 6.54 Å². The average molecular weight is 410 g/mol. The summed E-state index contributed by atoms with van der Waals surface area (Å²) in [5.41, 5.74) is 0.638. The van der Waals surface area contributed by atoms with Crippen LogP contribution in [0.3, 0.4) is 0 Å². The lowest BCUT2D eigenvalue weighted by Crippen LogP contribution is -2.68. The van der Waals surface area contributed by atoms with Crippen LogP contribution in [0, 0.1) is 6.92 Å². The van der Waals surface area contributed by atoms with E-state index in [1.54, 1.807) is 0 Å². The van der Waals surface area contributed by atoms with Crippen LogP contribution in [0.5, 0.6) is 0 Å². The number of piperazine rings is 1. The highest BCUT2D eigenvalue weighted by molar-refractivity contribution is 7.88. The number of sulfonamides is 1. The number of aryl methyl sites for hydroxylation is 1. The summed E-state index contributed by atoms with van der Waals surface area (Å²) < 4.78 is 24.6. The number of nitrogens with zero attached hydrogens (tertiary/aromatic N) is 2. The molecule has 1 aliphatic rings. The van der Waals surface area contributed by atoms with Crippen LogP contribution in [0.25, 0.3) is 0 Å². The molecule has 0 aromatic heterocycles. The zero-order valence-corrected chi connectivity index (χ0v) is 17.3. The summed E-state index contributed by atoms with van der Waals surface area (Å²) in [6, 6.07) is 7.68.